The van der Waals surface area contributed by atoms with Crippen LogP contribution in [0.3, 0.4) is 0 Å². The number of nitrogens with one attached hydrogen (secondary N) is 2. The highest BCUT2D eigenvalue weighted by Gasteiger charge is 2.25. The summed E-state index contributed by atoms with van der Waals surface area (Å²) < 4.78 is 20.0. The first-order valence-electron chi connectivity index (χ1n) is 11.5. The predicted octanol–water partition coefficient (Wildman–Crippen LogP) is 3.79. The van der Waals surface area contributed by atoms with Crippen LogP contribution >= 0.6 is 0 Å². The lowest BCUT2D eigenvalue weighted by Crippen LogP contribution is -2.35. The molecule has 178 valence electrons. The van der Waals surface area contributed by atoms with Gasteiger partial charge in [0.2, 0.25) is 5.91 Å². The smallest absolute Gasteiger partial charge is 0.248 e. The highest BCUT2D eigenvalue weighted by Crippen LogP contribution is 2.28. The number of carbonyl (C=O) groups is 1. The molecule has 2 aromatic rings. The molecule has 1 aliphatic carbocycles. The molecule has 2 aliphatic rings. The number of nitrogens with zero attached hydrogens (tertiary/aromatic N) is 3. The van der Waals surface area contributed by atoms with E-state index in [1.54, 1.807) is 6.20 Å². The fraction of sp³-hybridized carbons (Fsp3) is 0.346. The first-order valence-corrected chi connectivity index (χ1v) is 11.5. The van der Waals surface area contributed by atoms with Gasteiger partial charge in [-0.15, -0.1) is 0 Å². The van der Waals surface area contributed by atoms with Gasteiger partial charge in [-0.2, -0.15) is 0 Å². The number of morpholine rings is 1. The van der Waals surface area contributed by atoms with Crippen molar-refractivity contribution in [2.45, 2.75) is 25.4 Å². The van der Waals surface area contributed by atoms with Gasteiger partial charge in [0.15, 0.2) is 0 Å². The van der Waals surface area contributed by atoms with Crippen LogP contribution in [0.25, 0.3) is 11.6 Å². The number of hydrogen-bond donors (Lipinski definition) is 2. The number of rotatable bonds is 9. The molecule has 0 spiro atoms. The van der Waals surface area contributed by atoms with Crippen LogP contribution in [-0.2, 0) is 16.1 Å². The van der Waals surface area contributed by atoms with Crippen molar-refractivity contribution < 1.29 is 13.9 Å². The van der Waals surface area contributed by atoms with E-state index in [9.17, 15) is 9.18 Å². The molecular formula is C26H30FN5O2. The van der Waals surface area contributed by atoms with Crippen LogP contribution in [0.4, 0.5) is 10.1 Å². The molecule has 0 unspecified atom stereocenters. The summed E-state index contributed by atoms with van der Waals surface area (Å²) in [5.74, 6) is -0.857. The van der Waals surface area contributed by atoms with Gasteiger partial charge >= 0.3 is 0 Å². The summed E-state index contributed by atoms with van der Waals surface area (Å²) in [6, 6.07) is 8.19. The SMILES string of the molecule is CN(/C=C(\C=N)c1c(F)cncc1/C=C/C(=O)Nc1ccc(CN2CCOCC2)cc1)C1CC1. The van der Waals surface area contributed by atoms with Crippen LogP contribution in [0, 0.1) is 11.2 Å². The van der Waals surface area contributed by atoms with E-state index in [2.05, 4.69) is 15.2 Å². The highest BCUT2D eigenvalue weighted by molar-refractivity contribution is 6.10. The molecular weight excluding hydrogens is 433 g/mol. The van der Waals surface area contributed by atoms with E-state index >= 15 is 0 Å². The standard InChI is InChI=1S/C26H30FN5O2/c1-31(23-7-8-23)18-21(14-28)26-20(15-29-16-24(26)27)4-9-25(33)30-22-5-2-19(3-6-22)17-32-10-12-34-13-11-32/h2-6,9,14-16,18,23,28H,7-8,10-13,17H2,1H3,(H,30,33)/b9-4+,21-18+,28-14?. The topological polar surface area (TPSA) is 81.5 Å². The maximum absolute atomic E-state index is 14.7. The number of pyridine rings is 1. The molecule has 34 heavy (non-hydrogen) atoms. The summed E-state index contributed by atoms with van der Waals surface area (Å²) in [7, 11) is 1.93. The zero-order chi connectivity index (χ0) is 23.9. The van der Waals surface area contributed by atoms with E-state index in [0.29, 0.717) is 22.9 Å². The molecule has 0 bridgehead atoms. The molecule has 1 saturated carbocycles. The maximum Gasteiger partial charge on any atom is 0.248 e. The number of allylic oxidation sites excluding steroid dienone is 1. The number of aromatic nitrogens is 1. The first-order chi connectivity index (χ1) is 16.5. The third-order valence-corrected chi connectivity index (χ3v) is 5.98. The highest BCUT2D eigenvalue weighted by atomic mass is 19.1. The summed E-state index contributed by atoms with van der Waals surface area (Å²) in [5.41, 5.74) is 2.99. The van der Waals surface area contributed by atoms with Crippen molar-refractivity contribution in [2.75, 3.05) is 38.7 Å². The Morgan fingerprint density at radius 1 is 1.26 bits per heavy atom. The molecule has 1 saturated heterocycles. The molecule has 2 N–H and O–H groups in total. The average molecular weight is 464 g/mol. The van der Waals surface area contributed by atoms with E-state index in [1.807, 2.05) is 36.2 Å². The minimum absolute atomic E-state index is 0.258. The lowest BCUT2D eigenvalue weighted by molar-refractivity contribution is -0.111. The third-order valence-electron chi connectivity index (χ3n) is 5.98. The predicted molar refractivity (Wildman–Crippen MR) is 132 cm³/mol. The van der Waals surface area contributed by atoms with Crippen LogP contribution in [0.15, 0.2) is 48.9 Å². The molecule has 0 atom stereocenters. The Balaban J connectivity index is 1.42. The largest absolute Gasteiger partial charge is 0.379 e. The number of benzene rings is 1. The summed E-state index contributed by atoms with van der Waals surface area (Å²) >= 11 is 0. The fourth-order valence-corrected chi connectivity index (χ4v) is 3.92. The van der Waals surface area contributed by atoms with Crippen molar-refractivity contribution in [3.63, 3.8) is 0 Å². The fourth-order valence-electron chi connectivity index (χ4n) is 3.92. The van der Waals surface area contributed by atoms with Gasteiger partial charge in [0.25, 0.3) is 0 Å². The number of amides is 1. The average Bonchev–Trinajstić information content (AvgIpc) is 3.69. The Labute approximate surface area is 199 Å². The van der Waals surface area contributed by atoms with Crippen LogP contribution in [-0.4, -0.2) is 66.3 Å². The van der Waals surface area contributed by atoms with Crippen molar-refractivity contribution in [1.29, 1.82) is 5.41 Å². The van der Waals surface area contributed by atoms with Crippen molar-refractivity contribution in [3.8, 4) is 0 Å². The second-order valence-corrected chi connectivity index (χ2v) is 8.62. The summed E-state index contributed by atoms with van der Waals surface area (Å²) in [4.78, 5) is 20.8. The molecule has 1 aromatic heterocycles. The Hall–Kier alpha value is -3.36. The van der Waals surface area contributed by atoms with Crippen LogP contribution in [0.2, 0.25) is 0 Å². The Kier molecular flexibility index (Phi) is 7.82. The second kappa shape index (κ2) is 11.2. The van der Waals surface area contributed by atoms with E-state index in [-0.39, 0.29) is 11.5 Å². The minimum Gasteiger partial charge on any atom is -0.379 e. The Morgan fingerprint density at radius 3 is 2.68 bits per heavy atom. The quantitative estimate of drug-likeness (QED) is 0.437. The van der Waals surface area contributed by atoms with E-state index in [4.69, 9.17) is 10.1 Å². The second-order valence-electron chi connectivity index (χ2n) is 8.62. The number of ether oxygens (including phenoxy) is 1. The van der Waals surface area contributed by atoms with E-state index < -0.39 is 5.82 Å². The number of anilines is 1. The zero-order valence-corrected chi connectivity index (χ0v) is 19.3. The lowest BCUT2D eigenvalue weighted by Gasteiger charge is -2.26. The molecule has 2 fully saturated rings. The maximum atomic E-state index is 14.7. The van der Waals surface area contributed by atoms with Gasteiger partial charge in [0, 0.05) is 79.8 Å². The summed E-state index contributed by atoms with van der Waals surface area (Å²) in [5, 5.41) is 10.6. The number of carbonyl (C=O) groups excluding carboxylic acids is 1. The molecule has 7 nitrogen and oxygen atoms in total. The molecule has 2 heterocycles. The minimum atomic E-state index is -0.530. The van der Waals surface area contributed by atoms with Gasteiger partial charge < -0.3 is 20.4 Å². The van der Waals surface area contributed by atoms with Gasteiger partial charge in [-0.3, -0.25) is 14.7 Å². The molecule has 0 radical (unpaired) electrons. The Bertz CT molecular complexity index is 1070. The zero-order valence-electron chi connectivity index (χ0n) is 19.3. The van der Waals surface area contributed by atoms with Gasteiger partial charge in [0.05, 0.1) is 19.4 Å². The van der Waals surface area contributed by atoms with Gasteiger partial charge in [-0.25, -0.2) is 4.39 Å². The van der Waals surface area contributed by atoms with Crippen molar-refractivity contribution >= 4 is 29.5 Å². The lowest BCUT2D eigenvalue weighted by atomic mass is 10.0. The van der Waals surface area contributed by atoms with Crippen molar-refractivity contribution in [2.24, 2.45) is 0 Å². The molecule has 1 amide bonds. The first kappa shape index (κ1) is 23.8. The van der Waals surface area contributed by atoms with Crippen molar-refractivity contribution in [3.05, 3.63) is 71.4 Å². The monoisotopic (exact) mass is 463 g/mol. The summed E-state index contributed by atoms with van der Waals surface area (Å²) in [6.07, 6.45) is 10.6. The number of halogens is 1. The van der Waals surface area contributed by atoms with E-state index in [1.165, 1.54) is 23.9 Å². The van der Waals surface area contributed by atoms with Crippen LogP contribution in [0.1, 0.15) is 29.5 Å². The van der Waals surface area contributed by atoms with Gasteiger partial charge in [0.1, 0.15) is 5.82 Å². The van der Waals surface area contributed by atoms with Crippen LogP contribution < -0.4 is 5.32 Å². The van der Waals surface area contributed by atoms with Crippen molar-refractivity contribution in [1.82, 2.24) is 14.8 Å². The van der Waals surface area contributed by atoms with Crippen LogP contribution in [0.5, 0.6) is 0 Å². The van der Waals surface area contributed by atoms with E-state index in [0.717, 1.165) is 58.1 Å². The van der Waals surface area contributed by atoms with Gasteiger partial charge in [-0.1, -0.05) is 12.1 Å². The normalized spacial score (nSPS) is 17.1. The molecule has 8 heteroatoms. The van der Waals surface area contributed by atoms with Gasteiger partial charge in [-0.05, 0) is 36.6 Å². The summed E-state index contributed by atoms with van der Waals surface area (Å²) in [6.45, 7) is 4.22. The molecule has 1 aliphatic heterocycles. The molecule has 1 aromatic carbocycles. The molecule has 4 rings (SSSR count). The Morgan fingerprint density at radius 2 is 2.00 bits per heavy atom. The number of hydrogen-bond acceptors (Lipinski definition) is 6. The third kappa shape index (κ3) is 6.36.